The first kappa shape index (κ1) is 18.7. The predicted octanol–water partition coefficient (Wildman–Crippen LogP) is 4.43. The van der Waals surface area contributed by atoms with Gasteiger partial charge in [0.25, 0.3) is 0 Å². The maximum Gasteiger partial charge on any atom is 0.338 e. The zero-order chi connectivity index (χ0) is 19.1. The maximum atomic E-state index is 11.6. The van der Waals surface area contributed by atoms with Crippen LogP contribution >= 0.6 is 11.6 Å². The minimum absolute atomic E-state index is 0.261. The standard InChI is InChI=1S/C20H18ClN3O3/c1-26-20(25)15-9-10-22-19(12-15)27-18-8-7-14(11-17(18)21)13-23-24-16-5-3-2-4-6-16/h2-12,23-24H,13H2,1H3. The molecule has 1 heterocycles. The first-order valence-corrected chi connectivity index (χ1v) is 8.58. The average molecular weight is 384 g/mol. The number of carbonyl (C=O) groups excluding carboxylic acids is 1. The highest BCUT2D eigenvalue weighted by molar-refractivity contribution is 6.32. The fourth-order valence-corrected chi connectivity index (χ4v) is 2.57. The second kappa shape index (κ2) is 9.02. The minimum atomic E-state index is -0.458. The van der Waals surface area contributed by atoms with Crippen LogP contribution in [0.25, 0.3) is 0 Å². The summed E-state index contributed by atoms with van der Waals surface area (Å²) in [5.74, 6) is 0.253. The van der Waals surface area contributed by atoms with Crippen molar-refractivity contribution >= 4 is 23.3 Å². The van der Waals surface area contributed by atoms with Gasteiger partial charge >= 0.3 is 5.97 Å². The van der Waals surface area contributed by atoms with Crippen molar-refractivity contribution < 1.29 is 14.3 Å². The lowest BCUT2D eigenvalue weighted by atomic mass is 10.2. The molecular weight excluding hydrogens is 366 g/mol. The van der Waals surface area contributed by atoms with Crippen LogP contribution in [0.2, 0.25) is 5.02 Å². The van der Waals surface area contributed by atoms with Gasteiger partial charge in [-0.05, 0) is 35.9 Å². The molecule has 0 aliphatic rings. The summed E-state index contributed by atoms with van der Waals surface area (Å²) < 4.78 is 10.4. The topological polar surface area (TPSA) is 72.5 Å². The van der Waals surface area contributed by atoms with Gasteiger partial charge in [0.15, 0.2) is 0 Å². The Morgan fingerprint density at radius 3 is 2.67 bits per heavy atom. The van der Waals surface area contributed by atoms with Gasteiger partial charge in [-0.1, -0.05) is 35.9 Å². The molecule has 1 aromatic heterocycles. The summed E-state index contributed by atoms with van der Waals surface area (Å²) in [5, 5.41) is 0.444. The third-order valence-electron chi connectivity index (χ3n) is 3.67. The van der Waals surface area contributed by atoms with Crippen molar-refractivity contribution in [1.29, 1.82) is 0 Å². The number of esters is 1. The number of ether oxygens (including phenoxy) is 2. The molecule has 0 spiro atoms. The van der Waals surface area contributed by atoms with Crippen molar-refractivity contribution in [3.63, 3.8) is 0 Å². The van der Waals surface area contributed by atoms with Gasteiger partial charge in [-0.3, -0.25) is 0 Å². The Bertz CT molecular complexity index is 919. The predicted molar refractivity (Wildman–Crippen MR) is 104 cm³/mol. The molecule has 2 aromatic carbocycles. The number of rotatable bonds is 7. The number of para-hydroxylation sites is 1. The van der Waals surface area contributed by atoms with E-state index < -0.39 is 5.97 Å². The summed E-state index contributed by atoms with van der Waals surface area (Å²) in [6.07, 6.45) is 1.48. The number of anilines is 1. The molecule has 0 fully saturated rings. The van der Waals surface area contributed by atoms with Crippen LogP contribution in [0.3, 0.4) is 0 Å². The fraction of sp³-hybridized carbons (Fsp3) is 0.100. The highest BCUT2D eigenvalue weighted by Crippen LogP contribution is 2.29. The van der Waals surface area contributed by atoms with E-state index in [2.05, 4.69) is 20.6 Å². The van der Waals surface area contributed by atoms with Gasteiger partial charge < -0.3 is 14.9 Å². The SMILES string of the molecule is COC(=O)c1ccnc(Oc2ccc(CNNc3ccccc3)cc2Cl)c1. The molecule has 3 aromatic rings. The van der Waals surface area contributed by atoms with E-state index in [1.54, 1.807) is 18.2 Å². The molecule has 0 saturated heterocycles. The smallest absolute Gasteiger partial charge is 0.338 e. The van der Waals surface area contributed by atoms with Gasteiger partial charge in [-0.25, -0.2) is 15.2 Å². The van der Waals surface area contributed by atoms with Crippen LogP contribution in [0.5, 0.6) is 11.6 Å². The summed E-state index contributed by atoms with van der Waals surface area (Å²) in [7, 11) is 1.32. The second-order valence-corrected chi connectivity index (χ2v) is 5.99. The Labute approximate surface area is 162 Å². The number of benzene rings is 2. The van der Waals surface area contributed by atoms with Gasteiger partial charge in [0.1, 0.15) is 5.75 Å². The number of hydrogen-bond acceptors (Lipinski definition) is 6. The van der Waals surface area contributed by atoms with Gasteiger partial charge in [0, 0.05) is 24.5 Å². The van der Waals surface area contributed by atoms with E-state index in [0.717, 1.165) is 11.3 Å². The molecule has 0 aliphatic carbocycles. The van der Waals surface area contributed by atoms with Gasteiger partial charge in [0.05, 0.1) is 17.7 Å². The molecule has 27 heavy (non-hydrogen) atoms. The number of carbonyl (C=O) groups is 1. The molecule has 2 N–H and O–H groups in total. The molecule has 0 saturated carbocycles. The highest BCUT2D eigenvalue weighted by Gasteiger charge is 2.10. The molecule has 0 atom stereocenters. The average Bonchev–Trinajstić information content (AvgIpc) is 2.70. The lowest BCUT2D eigenvalue weighted by Crippen LogP contribution is -2.20. The van der Waals surface area contributed by atoms with Gasteiger partial charge in [-0.15, -0.1) is 0 Å². The van der Waals surface area contributed by atoms with E-state index in [-0.39, 0.29) is 5.88 Å². The van der Waals surface area contributed by atoms with Gasteiger partial charge in [-0.2, -0.15) is 0 Å². The number of aromatic nitrogens is 1. The first-order chi connectivity index (χ1) is 13.2. The largest absolute Gasteiger partial charge is 0.465 e. The molecular formula is C20H18ClN3O3. The zero-order valence-electron chi connectivity index (χ0n) is 14.6. The van der Waals surface area contributed by atoms with Crippen molar-refractivity contribution in [2.45, 2.75) is 6.54 Å². The van der Waals surface area contributed by atoms with Crippen molar-refractivity contribution in [2.24, 2.45) is 0 Å². The Kier molecular flexibility index (Phi) is 6.25. The van der Waals surface area contributed by atoms with Crippen LogP contribution in [0.4, 0.5) is 5.69 Å². The minimum Gasteiger partial charge on any atom is -0.465 e. The molecule has 138 valence electrons. The van der Waals surface area contributed by atoms with Crippen LogP contribution in [0.15, 0.2) is 66.9 Å². The van der Waals surface area contributed by atoms with Crippen molar-refractivity contribution in [3.8, 4) is 11.6 Å². The van der Waals surface area contributed by atoms with Crippen LogP contribution in [-0.2, 0) is 11.3 Å². The normalized spacial score (nSPS) is 10.3. The molecule has 0 unspecified atom stereocenters. The number of hydrogen-bond donors (Lipinski definition) is 2. The summed E-state index contributed by atoms with van der Waals surface area (Å²) in [4.78, 5) is 15.7. The monoisotopic (exact) mass is 383 g/mol. The summed E-state index contributed by atoms with van der Waals surface area (Å²) in [5.41, 5.74) is 8.54. The van der Waals surface area contributed by atoms with E-state index in [4.69, 9.17) is 16.3 Å². The summed E-state index contributed by atoms with van der Waals surface area (Å²) in [6, 6.07) is 18.3. The molecule has 0 amide bonds. The van der Waals surface area contributed by atoms with E-state index in [9.17, 15) is 4.79 Å². The molecule has 6 nitrogen and oxygen atoms in total. The highest BCUT2D eigenvalue weighted by atomic mass is 35.5. The summed E-state index contributed by atoms with van der Waals surface area (Å²) in [6.45, 7) is 0.574. The molecule has 3 rings (SSSR count). The Hall–Kier alpha value is -3.09. The van der Waals surface area contributed by atoms with Crippen molar-refractivity contribution in [1.82, 2.24) is 10.4 Å². The molecule has 0 aliphatic heterocycles. The Morgan fingerprint density at radius 1 is 1.11 bits per heavy atom. The molecule has 0 bridgehead atoms. The van der Waals surface area contributed by atoms with Crippen molar-refractivity contribution in [2.75, 3.05) is 12.5 Å². The number of pyridine rings is 1. The van der Waals surface area contributed by atoms with Crippen LogP contribution < -0.4 is 15.6 Å². The number of halogens is 1. The van der Waals surface area contributed by atoms with E-state index >= 15 is 0 Å². The van der Waals surface area contributed by atoms with E-state index in [1.165, 1.54) is 19.4 Å². The van der Waals surface area contributed by atoms with Crippen LogP contribution in [-0.4, -0.2) is 18.1 Å². The zero-order valence-corrected chi connectivity index (χ0v) is 15.4. The maximum absolute atomic E-state index is 11.6. The number of nitrogens with one attached hydrogen (secondary N) is 2. The lowest BCUT2D eigenvalue weighted by molar-refractivity contribution is 0.0600. The number of methoxy groups -OCH3 is 1. The Morgan fingerprint density at radius 2 is 1.93 bits per heavy atom. The summed E-state index contributed by atoms with van der Waals surface area (Å²) >= 11 is 6.31. The lowest BCUT2D eigenvalue weighted by Gasteiger charge is -2.11. The first-order valence-electron chi connectivity index (χ1n) is 8.20. The Balaban J connectivity index is 1.62. The number of hydrazine groups is 1. The number of nitrogens with zero attached hydrogens (tertiary/aromatic N) is 1. The van der Waals surface area contributed by atoms with Crippen LogP contribution in [0, 0.1) is 0 Å². The van der Waals surface area contributed by atoms with Crippen LogP contribution in [0.1, 0.15) is 15.9 Å². The fourth-order valence-electron chi connectivity index (χ4n) is 2.33. The molecule has 7 heteroatoms. The van der Waals surface area contributed by atoms with Crippen molar-refractivity contribution in [3.05, 3.63) is 83.0 Å². The second-order valence-electron chi connectivity index (χ2n) is 5.59. The van der Waals surface area contributed by atoms with Gasteiger partial charge in [0.2, 0.25) is 5.88 Å². The third kappa shape index (κ3) is 5.20. The quantitative estimate of drug-likeness (QED) is 0.464. The third-order valence-corrected chi connectivity index (χ3v) is 3.96. The van der Waals surface area contributed by atoms with E-state index in [1.807, 2.05) is 36.4 Å². The molecule has 0 radical (unpaired) electrons. The van der Waals surface area contributed by atoms with E-state index in [0.29, 0.717) is 22.9 Å².